The van der Waals surface area contributed by atoms with Gasteiger partial charge in [0.05, 0.1) is 70.8 Å². The van der Waals surface area contributed by atoms with Gasteiger partial charge in [-0.3, -0.25) is 0 Å². The topological polar surface area (TPSA) is 113 Å². The van der Waals surface area contributed by atoms with Crippen molar-refractivity contribution >= 4 is 30.1 Å². The molecule has 2 aromatic rings. The number of nitrogens with one attached hydrogen (secondary N) is 2. The van der Waals surface area contributed by atoms with E-state index < -0.39 is 54.9 Å². The summed E-state index contributed by atoms with van der Waals surface area (Å²) in [7, 11) is -2.68. The lowest BCUT2D eigenvalue weighted by atomic mass is 10.1. The van der Waals surface area contributed by atoms with Gasteiger partial charge < -0.3 is 29.8 Å². The van der Waals surface area contributed by atoms with Gasteiger partial charge in [-0.05, 0) is 77.1 Å². The van der Waals surface area contributed by atoms with E-state index in [1.54, 1.807) is 0 Å². The number of nitrogens with zero attached hydrogens (tertiary/aromatic N) is 2. The minimum absolute atomic E-state index is 0.181. The predicted molar refractivity (Wildman–Crippen MR) is 175 cm³/mol. The maximum absolute atomic E-state index is 14.1. The van der Waals surface area contributed by atoms with Crippen LogP contribution in [0.1, 0.15) is 76.8 Å². The Morgan fingerprint density at radius 2 is 1.84 bits per heavy atom. The molecule has 2 saturated carbocycles. The summed E-state index contributed by atoms with van der Waals surface area (Å²) < 4.78 is 65.0. The molecule has 2 aliphatic rings. The number of fused-ring (bicyclic) bond motifs is 1. The van der Waals surface area contributed by atoms with E-state index in [1.807, 2.05) is 50.5 Å². The summed E-state index contributed by atoms with van der Waals surface area (Å²) in [4.78, 5) is 5.08. The number of alkyl halides is 2. The van der Waals surface area contributed by atoms with Gasteiger partial charge in [0.1, 0.15) is 18.6 Å². The van der Waals surface area contributed by atoms with E-state index in [2.05, 4.69) is 29.7 Å². The van der Waals surface area contributed by atoms with E-state index in [9.17, 15) is 13.0 Å². The van der Waals surface area contributed by atoms with Crippen LogP contribution in [-0.2, 0) is 31.9 Å². The van der Waals surface area contributed by atoms with Crippen LogP contribution in [0.2, 0.25) is 25.7 Å². The van der Waals surface area contributed by atoms with E-state index >= 15 is 0 Å². The van der Waals surface area contributed by atoms with Crippen molar-refractivity contribution in [3.8, 4) is 0 Å². The molecule has 44 heavy (non-hydrogen) atoms. The van der Waals surface area contributed by atoms with Crippen LogP contribution in [-0.4, -0.2) is 77.1 Å². The lowest BCUT2D eigenvalue weighted by Crippen LogP contribution is -2.41. The number of rotatable bonds is 19. The number of ether oxygens (including phenoxy) is 3. The normalized spacial score (nSPS) is 19.3. The Morgan fingerprint density at radius 3 is 2.43 bits per heavy atom. The van der Waals surface area contributed by atoms with Gasteiger partial charge >= 0.3 is 0 Å². The third-order valence-electron chi connectivity index (χ3n) is 7.82. The van der Waals surface area contributed by atoms with Crippen LogP contribution < -0.4 is 15.8 Å². The Kier molecular flexibility index (Phi) is 11.8. The molecule has 2 aliphatic carbocycles. The molecule has 9 nitrogen and oxygen atoms in total. The minimum atomic E-state index is -3.02. The number of halogens is 2. The van der Waals surface area contributed by atoms with Gasteiger partial charge in [0, 0.05) is 14.7 Å². The molecule has 0 saturated heterocycles. The summed E-state index contributed by atoms with van der Waals surface area (Å²) in [6.45, 7) is 14.6. The highest BCUT2D eigenvalue weighted by molar-refractivity contribution is 7.84. The van der Waals surface area contributed by atoms with Gasteiger partial charge in [-0.25, -0.2) is 22.7 Å². The Morgan fingerprint density at radius 1 is 1.16 bits per heavy atom. The molecule has 1 aromatic carbocycles. The van der Waals surface area contributed by atoms with Crippen LogP contribution in [0.4, 0.5) is 8.78 Å². The molecule has 13 heteroatoms. The third kappa shape index (κ3) is 10.6. The third-order valence-corrected chi connectivity index (χ3v) is 11.1. The van der Waals surface area contributed by atoms with E-state index in [4.69, 9.17) is 24.9 Å². The molecule has 250 valence electrons. The average molecular weight is 658 g/mol. The average Bonchev–Trinajstić information content (AvgIpc) is 3.87. The summed E-state index contributed by atoms with van der Waals surface area (Å²) in [5.41, 5.74) is 7.64. The van der Waals surface area contributed by atoms with E-state index in [1.165, 1.54) is 0 Å². The van der Waals surface area contributed by atoms with Crippen LogP contribution in [0, 0.1) is 0 Å². The monoisotopic (exact) mass is 657 g/mol. The number of hydrogen-bond acceptors (Lipinski definition) is 7. The van der Waals surface area contributed by atoms with Crippen molar-refractivity contribution in [3.63, 3.8) is 0 Å². The van der Waals surface area contributed by atoms with Crippen LogP contribution in [0.25, 0.3) is 11.0 Å². The fourth-order valence-electron chi connectivity index (χ4n) is 4.61. The predicted octanol–water partition coefficient (Wildman–Crippen LogP) is 5.41. The second-order valence-electron chi connectivity index (χ2n) is 14.5. The SMILES string of the molecule is C[C@@H](OC1CC1)[C@H](NS(=O)C(C)(C)C)c1nc2cc([C@@H](COC3CC3)NCC(F)(F)CN)ccc2n1COCC[Si](C)(C)C. The number of hydrogen-bond donors (Lipinski definition) is 3. The second kappa shape index (κ2) is 14.6. The Bertz CT molecular complexity index is 1260. The van der Waals surface area contributed by atoms with Gasteiger partial charge in [0.15, 0.2) is 0 Å². The van der Waals surface area contributed by atoms with Crippen LogP contribution in [0.3, 0.4) is 0 Å². The number of nitrogens with two attached hydrogens (primary N) is 1. The smallest absolute Gasteiger partial charge is 0.272 e. The highest BCUT2D eigenvalue weighted by Gasteiger charge is 2.35. The number of benzene rings is 1. The molecule has 0 radical (unpaired) electrons. The first-order chi connectivity index (χ1) is 20.6. The Hall–Kier alpha value is -1.32. The fourth-order valence-corrected chi connectivity index (χ4v) is 6.25. The van der Waals surface area contributed by atoms with Gasteiger partial charge in [-0.15, -0.1) is 0 Å². The van der Waals surface area contributed by atoms with Crippen molar-refractivity contribution in [1.29, 1.82) is 0 Å². The van der Waals surface area contributed by atoms with Crippen molar-refractivity contribution in [1.82, 2.24) is 19.6 Å². The van der Waals surface area contributed by atoms with Crippen molar-refractivity contribution < 1.29 is 27.2 Å². The zero-order valence-electron chi connectivity index (χ0n) is 27.5. The van der Waals surface area contributed by atoms with Crippen molar-refractivity contribution in [2.45, 2.75) is 127 Å². The molecule has 1 unspecified atom stereocenters. The molecular weight excluding hydrogens is 605 g/mol. The lowest BCUT2D eigenvalue weighted by Gasteiger charge is -2.28. The van der Waals surface area contributed by atoms with Crippen LogP contribution in [0.5, 0.6) is 0 Å². The highest BCUT2D eigenvalue weighted by atomic mass is 32.2. The molecule has 0 spiro atoms. The summed E-state index contributed by atoms with van der Waals surface area (Å²) in [5.74, 6) is -2.35. The molecule has 4 rings (SSSR count). The van der Waals surface area contributed by atoms with Crippen LogP contribution in [0.15, 0.2) is 18.2 Å². The standard InChI is InChI=1S/C31H53F2N5O4SSi/c1-21(42-24-11-12-24)28(37-43(39)30(2,3)4)29-36-25-16-22(8-13-27(25)38(29)20-40-14-15-44(5,6)7)26(17-41-23-9-10-23)35-19-31(32,33)18-34/h8,13,16,21,23-24,26,28,35,37H,9-12,14-15,17-20,34H2,1-7H3/t21-,26-,28+,43?/m1/s1. The second-order valence-corrected chi connectivity index (χ2v) is 22.2. The molecule has 1 heterocycles. The minimum Gasteiger partial charge on any atom is -0.376 e. The van der Waals surface area contributed by atoms with E-state index in [-0.39, 0.29) is 31.6 Å². The summed E-state index contributed by atoms with van der Waals surface area (Å²) in [6.07, 6.45) is 4.08. The molecule has 4 N–H and O–H groups in total. The van der Waals surface area contributed by atoms with Crippen molar-refractivity contribution in [2.75, 3.05) is 26.3 Å². The quantitative estimate of drug-likeness (QED) is 0.137. The molecule has 0 bridgehead atoms. The summed E-state index contributed by atoms with van der Waals surface area (Å²) >= 11 is 0. The highest BCUT2D eigenvalue weighted by Crippen LogP contribution is 2.33. The molecular formula is C31H53F2N5O4SSi. The summed E-state index contributed by atoms with van der Waals surface area (Å²) in [5, 5.41) is 2.98. The van der Waals surface area contributed by atoms with Gasteiger partial charge in [0.2, 0.25) is 0 Å². The first kappa shape index (κ1) is 35.5. The fraction of sp³-hybridized carbons (Fsp3) is 0.774. The molecule has 4 atom stereocenters. The van der Waals surface area contributed by atoms with Crippen molar-refractivity contribution in [3.05, 3.63) is 29.6 Å². The first-order valence-electron chi connectivity index (χ1n) is 15.9. The zero-order chi connectivity index (χ0) is 32.3. The Balaban J connectivity index is 1.70. The largest absolute Gasteiger partial charge is 0.376 e. The molecule has 1 aromatic heterocycles. The Labute approximate surface area is 265 Å². The maximum Gasteiger partial charge on any atom is 0.272 e. The molecule has 2 fully saturated rings. The van der Waals surface area contributed by atoms with Gasteiger partial charge in [0.25, 0.3) is 5.92 Å². The van der Waals surface area contributed by atoms with Gasteiger partial charge in [-0.1, -0.05) is 25.7 Å². The first-order valence-corrected chi connectivity index (χ1v) is 20.8. The molecule has 0 aliphatic heterocycles. The number of aromatic nitrogens is 2. The van der Waals surface area contributed by atoms with Crippen LogP contribution >= 0.6 is 0 Å². The van der Waals surface area contributed by atoms with Gasteiger partial charge in [-0.2, -0.15) is 0 Å². The maximum atomic E-state index is 14.1. The zero-order valence-corrected chi connectivity index (χ0v) is 29.3. The van der Waals surface area contributed by atoms with Crippen molar-refractivity contribution in [2.24, 2.45) is 5.73 Å². The van der Waals surface area contributed by atoms with E-state index in [0.717, 1.165) is 42.8 Å². The molecule has 0 amide bonds. The summed E-state index contributed by atoms with van der Waals surface area (Å²) in [6, 6.07) is 5.91. The van der Waals surface area contributed by atoms with E-state index in [0.29, 0.717) is 17.9 Å². The lowest BCUT2D eigenvalue weighted by molar-refractivity contribution is 0.00399. The number of imidazole rings is 1.